The lowest BCUT2D eigenvalue weighted by Crippen LogP contribution is -2.30. The van der Waals surface area contributed by atoms with Gasteiger partial charge in [-0.2, -0.15) is 0 Å². The summed E-state index contributed by atoms with van der Waals surface area (Å²) in [6.07, 6.45) is -1.10. The van der Waals surface area contributed by atoms with Gasteiger partial charge in [-0.05, 0) is 30.5 Å². The highest BCUT2D eigenvalue weighted by atomic mass is 32.1. The average Bonchev–Trinajstić information content (AvgIpc) is 3.15. The van der Waals surface area contributed by atoms with Gasteiger partial charge in [-0.3, -0.25) is 9.59 Å². The van der Waals surface area contributed by atoms with E-state index in [0.717, 1.165) is 0 Å². The van der Waals surface area contributed by atoms with Gasteiger partial charge in [0.2, 0.25) is 0 Å². The van der Waals surface area contributed by atoms with E-state index in [1.165, 1.54) is 44.6 Å². The Kier molecular flexibility index (Phi) is 6.18. The molecule has 0 saturated carbocycles. The number of hydrogen-bond donors (Lipinski definition) is 2. The van der Waals surface area contributed by atoms with E-state index < -0.39 is 18.0 Å². The van der Waals surface area contributed by atoms with Gasteiger partial charge in [-0.15, -0.1) is 11.3 Å². The molecule has 0 saturated heterocycles. The zero-order valence-electron chi connectivity index (χ0n) is 14.4. The molecule has 8 nitrogen and oxygen atoms in total. The van der Waals surface area contributed by atoms with E-state index in [0.29, 0.717) is 4.88 Å². The predicted molar refractivity (Wildman–Crippen MR) is 95.9 cm³/mol. The van der Waals surface area contributed by atoms with Crippen molar-refractivity contribution < 1.29 is 28.6 Å². The number of hydrogen-bond acceptors (Lipinski definition) is 7. The van der Waals surface area contributed by atoms with Crippen LogP contribution < -0.4 is 20.5 Å². The van der Waals surface area contributed by atoms with Crippen LogP contribution in [0.25, 0.3) is 0 Å². The summed E-state index contributed by atoms with van der Waals surface area (Å²) in [6, 6.07) is 6.17. The Balaban J connectivity index is 2.37. The standard InChI is InChI=1S/C17H18N2O6S/c1-9(15(18)20)25-17(22)10-7-11(14(24-3)12(8-10)23-2)19-16(21)13-5-4-6-26-13/h4-9H,1-3H3,(H2,18,20)(H,19,21). The Hall–Kier alpha value is -3.07. The van der Waals surface area contributed by atoms with Crippen molar-refractivity contribution in [1.82, 2.24) is 0 Å². The summed E-state index contributed by atoms with van der Waals surface area (Å²) < 4.78 is 15.5. The summed E-state index contributed by atoms with van der Waals surface area (Å²) in [5.74, 6) is -1.46. The van der Waals surface area contributed by atoms with Crippen LogP contribution in [0, 0.1) is 0 Å². The molecule has 2 rings (SSSR count). The van der Waals surface area contributed by atoms with Gasteiger partial charge in [0.25, 0.3) is 11.8 Å². The van der Waals surface area contributed by atoms with Crippen LogP contribution in [0.3, 0.4) is 0 Å². The summed E-state index contributed by atoms with van der Waals surface area (Å²) in [7, 11) is 2.80. The fourth-order valence-electron chi connectivity index (χ4n) is 2.05. The first kappa shape index (κ1) is 19.3. The molecular weight excluding hydrogens is 360 g/mol. The first-order valence-electron chi connectivity index (χ1n) is 7.48. The number of nitrogens with one attached hydrogen (secondary N) is 1. The van der Waals surface area contributed by atoms with E-state index in [4.69, 9.17) is 19.9 Å². The van der Waals surface area contributed by atoms with Gasteiger partial charge >= 0.3 is 5.97 Å². The van der Waals surface area contributed by atoms with Crippen LogP contribution >= 0.6 is 11.3 Å². The van der Waals surface area contributed by atoms with Crippen LogP contribution in [0.5, 0.6) is 11.5 Å². The number of ether oxygens (including phenoxy) is 3. The van der Waals surface area contributed by atoms with E-state index >= 15 is 0 Å². The number of thiophene rings is 1. The molecule has 0 bridgehead atoms. The van der Waals surface area contributed by atoms with E-state index in [1.54, 1.807) is 17.5 Å². The van der Waals surface area contributed by atoms with Gasteiger partial charge in [-0.25, -0.2) is 4.79 Å². The van der Waals surface area contributed by atoms with E-state index in [1.807, 2.05) is 0 Å². The normalized spacial score (nSPS) is 11.3. The molecule has 2 amide bonds. The zero-order valence-corrected chi connectivity index (χ0v) is 15.2. The second kappa shape index (κ2) is 8.34. The number of nitrogens with two attached hydrogens (primary N) is 1. The maximum absolute atomic E-state index is 12.3. The molecule has 1 atom stereocenters. The Labute approximate surface area is 153 Å². The average molecular weight is 378 g/mol. The van der Waals surface area contributed by atoms with Crippen LogP contribution in [0.2, 0.25) is 0 Å². The first-order chi connectivity index (χ1) is 12.4. The van der Waals surface area contributed by atoms with Crippen molar-refractivity contribution in [2.45, 2.75) is 13.0 Å². The zero-order chi connectivity index (χ0) is 19.3. The number of methoxy groups -OCH3 is 2. The fraction of sp³-hybridized carbons (Fsp3) is 0.235. The molecule has 138 valence electrons. The maximum atomic E-state index is 12.3. The minimum Gasteiger partial charge on any atom is -0.493 e. The number of anilines is 1. The topological polar surface area (TPSA) is 117 Å². The predicted octanol–water partition coefficient (Wildman–Crippen LogP) is 2.05. The van der Waals surface area contributed by atoms with Crippen LogP contribution in [-0.2, 0) is 9.53 Å². The fourth-order valence-corrected chi connectivity index (χ4v) is 2.67. The highest BCUT2D eigenvalue weighted by molar-refractivity contribution is 7.12. The van der Waals surface area contributed by atoms with E-state index in [9.17, 15) is 14.4 Å². The molecule has 9 heteroatoms. The maximum Gasteiger partial charge on any atom is 0.339 e. The largest absolute Gasteiger partial charge is 0.493 e. The molecule has 26 heavy (non-hydrogen) atoms. The minimum atomic E-state index is -1.10. The van der Waals surface area contributed by atoms with Crippen LogP contribution in [-0.4, -0.2) is 38.1 Å². The molecule has 2 aromatic rings. The van der Waals surface area contributed by atoms with Crippen molar-refractivity contribution in [3.05, 3.63) is 40.1 Å². The number of rotatable bonds is 7. The molecule has 0 spiro atoms. The lowest BCUT2D eigenvalue weighted by molar-refractivity contribution is -0.125. The Morgan fingerprint density at radius 2 is 1.92 bits per heavy atom. The third-order valence-electron chi connectivity index (χ3n) is 3.39. The second-order valence-corrected chi connectivity index (χ2v) is 6.09. The molecule has 1 aromatic carbocycles. The Bertz CT molecular complexity index is 819. The van der Waals surface area contributed by atoms with Crippen LogP contribution in [0.4, 0.5) is 5.69 Å². The van der Waals surface area contributed by atoms with Gasteiger partial charge < -0.3 is 25.3 Å². The molecule has 0 fully saturated rings. The summed E-state index contributed by atoms with van der Waals surface area (Å²) >= 11 is 1.27. The number of carbonyl (C=O) groups is 3. The first-order valence-corrected chi connectivity index (χ1v) is 8.36. The quantitative estimate of drug-likeness (QED) is 0.712. The van der Waals surface area contributed by atoms with Crippen molar-refractivity contribution in [3.8, 4) is 11.5 Å². The lowest BCUT2D eigenvalue weighted by atomic mass is 10.1. The van der Waals surface area contributed by atoms with Crippen molar-refractivity contribution >= 4 is 34.8 Å². The monoisotopic (exact) mass is 378 g/mol. The molecule has 1 aromatic heterocycles. The summed E-state index contributed by atoms with van der Waals surface area (Å²) in [6.45, 7) is 1.36. The van der Waals surface area contributed by atoms with Crippen molar-refractivity contribution in [1.29, 1.82) is 0 Å². The highest BCUT2D eigenvalue weighted by Crippen LogP contribution is 2.37. The number of primary amides is 1. The number of carbonyl (C=O) groups excluding carboxylic acids is 3. The highest BCUT2D eigenvalue weighted by Gasteiger charge is 2.22. The van der Waals surface area contributed by atoms with Gasteiger partial charge in [0, 0.05) is 0 Å². The second-order valence-electron chi connectivity index (χ2n) is 5.14. The lowest BCUT2D eigenvalue weighted by Gasteiger charge is -2.16. The molecule has 0 aliphatic carbocycles. The third-order valence-corrected chi connectivity index (χ3v) is 4.26. The molecule has 1 heterocycles. The molecule has 3 N–H and O–H groups in total. The summed E-state index contributed by atoms with van der Waals surface area (Å²) in [5, 5.41) is 4.45. The molecule has 0 aliphatic heterocycles. The molecule has 1 unspecified atom stereocenters. The smallest absolute Gasteiger partial charge is 0.339 e. The van der Waals surface area contributed by atoms with E-state index in [2.05, 4.69) is 5.32 Å². The van der Waals surface area contributed by atoms with Gasteiger partial charge in [0.05, 0.1) is 30.3 Å². The number of amides is 2. The number of esters is 1. The Morgan fingerprint density at radius 3 is 2.46 bits per heavy atom. The van der Waals surface area contributed by atoms with Crippen molar-refractivity contribution in [2.24, 2.45) is 5.73 Å². The minimum absolute atomic E-state index is 0.0669. The number of benzene rings is 1. The van der Waals surface area contributed by atoms with Gasteiger partial charge in [-0.1, -0.05) is 6.07 Å². The Morgan fingerprint density at radius 1 is 1.19 bits per heavy atom. The van der Waals surface area contributed by atoms with Crippen molar-refractivity contribution in [3.63, 3.8) is 0 Å². The van der Waals surface area contributed by atoms with Crippen molar-refractivity contribution in [2.75, 3.05) is 19.5 Å². The van der Waals surface area contributed by atoms with Crippen LogP contribution in [0.1, 0.15) is 27.0 Å². The van der Waals surface area contributed by atoms with E-state index in [-0.39, 0.29) is 28.7 Å². The van der Waals surface area contributed by atoms with Crippen LogP contribution in [0.15, 0.2) is 29.6 Å². The van der Waals surface area contributed by atoms with Gasteiger partial charge in [0.15, 0.2) is 17.6 Å². The van der Waals surface area contributed by atoms with Gasteiger partial charge in [0.1, 0.15) is 0 Å². The molecule has 0 aliphatic rings. The summed E-state index contributed by atoms with van der Waals surface area (Å²) in [4.78, 5) is 36.1. The third kappa shape index (κ3) is 4.31. The molecule has 0 radical (unpaired) electrons. The molecular formula is C17H18N2O6S. The summed E-state index contributed by atoms with van der Waals surface area (Å²) in [5.41, 5.74) is 5.39. The SMILES string of the molecule is COc1cc(C(=O)OC(C)C(N)=O)cc(NC(=O)c2cccs2)c1OC.